The Morgan fingerprint density at radius 2 is 2.10 bits per heavy atom. The highest BCUT2D eigenvalue weighted by Gasteiger charge is 2.12. The van der Waals surface area contributed by atoms with Crippen LogP contribution < -0.4 is 10.1 Å². The molecule has 0 saturated heterocycles. The Bertz CT molecular complexity index is 491. The first kappa shape index (κ1) is 15.7. The van der Waals surface area contributed by atoms with E-state index in [9.17, 15) is 14.9 Å². The summed E-state index contributed by atoms with van der Waals surface area (Å²) in [4.78, 5) is 23.6. The van der Waals surface area contributed by atoms with Crippen LogP contribution in [-0.2, 0) is 4.79 Å². The third kappa shape index (κ3) is 4.42. The number of benzene rings is 1. The molecule has 7 nitrogen and oxygen atoms in total. The summed E-state index contributed by atoms with van der Waals surface area (Å²) < 4.78 is 5.27. The summed E-state index contributed by atoms with van der Waals surface area (Å²) in [6.07, 6.45) is 0. The number of carbonyl (C=O) groups is 1. The van der Waals surface area contributed by atoms with Gasteiger partial charge in [0.05, 0.1) is 24.1 Å². The molecule has 0 bridgehead atoms. The van der Waals surface area contributed by atoms with Crippen molar-refractivity contribution in [2.45, 2.75) is 13.8 Å². The number of amides is 1. The Hall–Kier alpha value is -2.31. The lowest BCUT2D eigenvalue weighted by Gasteiger charge is -2.15. The van der Waals surface area contributed by atoms with Crippen molar-refractivity contribution in [3.05, 3.63) is 28.3 Å². The highest BCUT2D eigenvalue weighted by atomic mass is 16.6. The second kappa shape index (κ2) is 7.32. The van der Waals surface area contributed by atoms with Gasteiger partial charge < -0.3 is 15.0 Å². The van der Waals surface area contributed by atoms with Crippen LogP contribution in [0, 0.1) is 10.1 Å². The monoisotopic (exact) mass is 281 g/mol. The fourth-order valence-corrected chi connectivity index (χ4v) is 1.53. The van der Waals surface area contributed by atoms with E-state index in [1.807, 2.05) is 6.92 Å². The minimum absolute atomic E-state index is 0.0743. The van der Waals surface area contributed by atoms with E-state index in [2.05, 4.69) is 5.32 Å². The quantitative estimate of drug-likeness (QED) is 0.609. The lowest BCUT2D eigenvalue weighted by molar-refractivity contribution is -0.384. The molecule has 110 valence electrons. The number of hydrogen-bond donors (Lipinski definition) is 1. The molecule has 0 radical (unpaired) electrons. The number of carbonyl (C=O) groups excluding carboxylic acids is 1. The molecule has 0 saturated carbocycles. The number of likely N-dealkylation sites (N-methyl/N-ethyl adjacent to an activating group) is 1. The normalized spacial score (nSPS) is 9.95. The first-order chi connectivity index (χ1) is 9.47. The highest BCUT2D eigenvalue weighted by Crippen LogP contribution is 2.25. The van der Waals surface area contributed by atoms with Gasteiger partial charge in [0, 0.05) is 31.4 Å². The van der Waals surface area contributed by atoms with Gasteiger partial charge in [0.15, 0.2) is 0 Å². The van der Waals surface area contributed by atoms with Crippen molar-refractivity contribution in [3.63, 3.8) is 0 Å². The molecule has 7 heteroatoms. The number of nitrogens with one attached hydrogen (secondary N) is 1. The van der Waals surface area contributed by atoms with Gasteiger partial charge in [-0.1, -0.05) is 0 Å². The Balaban J connectivity index is 2.83. The molecule has 0 aliphatic heterocycles. The zero-order valence-corrected chi connectivity index (χ0v) is 11.9. The molecule has 0 atom stereocenters. The lowest BCUT2D eigenvalue weighted by atomic mass is 10.2. The average Bonchev–Trinajstić information content (AvgIpc) is 2.43. The maximum atomic E-state index is 11.7. The van der Waals surface area contributed by atoms with Crippen LogP contribution in [0.25, 0.3) is 0 Å². The van der Waals surface area contributed by atoms with Crippen molar-refractivity contribution in [1.82, 2.24) is 4.90 Å². The fourth-order valence-electron chi connectivity index (χ4n) is 1.53. The molecule has 1 rings (SSSR count). The van der Waals surface area contributed by atoms with Crippen molar-refractivity contribution >= 4 is 17.3 Å². The Labute approximate surface area is 117 Å². The number of rotatable bonds is 7. The summed E-state index contributed by atoms with van der Waals surface area (Å²) in [7, 11) is 1.70. The zero-order chi connectivity index (χ0) is 15.1. The molecule has 0 unspecified atom stereocenters. The van der Waals surface area contributed by atoms with Crippen LogP contribution >= 0.6 is 0 Å². The van der Waals surface area contributed by atoms with E-state index in [1.54, 1.807) is 24.9 Å². The molecule has 0 fully saturated rings. The van der Waals surface area contributed by atoms with Gasteiger partial charge in [-0.3, -0.25) is 14.9 Å². The van der Waals surface area contributed by atoms with Gasteiger partial charge in [0.25, 0.3) is 5.69 Å². The number of nitro benzene ring substituents is 1. The average molecular weight is 281 g/mol. The van der Waals surface area contributed by atoms with Crippen LogP contribution in [0.15, 0.2) is 18.2 Å². The van der Waals surface area contributed by atoms with E-state index in [1.165, 1.54) is 12.1 Å². The molecule has 1 N–H and O–H groups in total. The lowest BCUT2D eigenvalue weighted by Crippen LogP contribution is -2.31. The molecule has 0 aromatic heterocycles. The van der Waals surface area contributed by atoms with Crippen molar-refractivity contribution < 1.29 is 14.5 Å². The first-order valence-corrected chi connectivity index (χ1v) is 6.38. The number of anilines is 1. The maximum Gasteiger partial charge on any atom is 0.275 e. The predicted molar refractivity (Wildman–Crippen MR) is 76.1 cm³/mol. The van der Waals surface area contributed by atoms with Crippen LogP contribution in [0.3, 0.4) is 0 Å². The summed E-state index contributed by atoms with van der Waals surface area (Å²) in [5, 5.41) is 13.7. The third-order valence-corrected chi connectivity index (χ3v) is 2.76. The molecule has 20 heavy (non-hydrogen) atoms. The largest absolute Gasteiger partial charge is 0.494 e. The maximum absolute atomic E-state index is 11.7. The number of ether oxygens (including phenoxy) is 1. The highest BCUT2D eigenvalue weighted by molar-refractivity contribution is 5.80. The van der Waals surface area contributed by atoms with Crippen LogP contribution in [0.1, 0.15) is 13.8 Å². The minimum Gasteiger partial charge on any atom is -0.494 e. The van der Waals surface area contributed by atoms with E-state index in [4.69, 9.17) is 4.74 Å². The molecular formula is C13H19N3O4. The second-order valence-electron chi connectivity index (χ2n) is 4.17. The summed E-state index contributed by atoms with van der Waals surface area (Å²) >= 11 is 0. The number of nitrogens with zero attached hydrogens (tertiary/aromatic N) is 2. The van der Waals surface area contributed by atoms with Gasteiger partial charge in [-0.15, -0.1) is 0 Å². The van der Waals surface area contributed by atoms with Crippen molar-refractivity contribution in [3.8, 4) is 5.75 Å². The van der Waals surface area contributed by atoms with Gasteiger partial charge in [0.2, 0.25) is 5.91 Å². The number of hydrogen-bond acceptors (Lipinski definition) is 5. The van der Waals surface area contributed by atoms with Gasteiger partial charge in [0.1, 0.15) is 5.75 Å². The van der Waals surface area contributed by atoms with Gasteiger partial charge in [-0.2, -0.15) is 0 Å². The van der Waals surface area contributed by atoms with E-state index < -0.39 is 4.92 Å². The molecular weight excluding hydrogens is 262 g/mol. The topological polar surface area (TPSA) is 84.7 Å². The number of non-ortho nitro benzene ring substituents is 1. The van der Waals surface area contributed by atoms with Crippen LogP contribution in [-0.4, -0.2) is 42.5 Å². The SMILES string of the molecule is CCOc1cc(NCC(=O)N(C)CC)cc([N+](=O)[O-])c1. The van der Waals surface area contributed by atoms with Crippen LogP contribution in [0.5, 0.6) is 5.75 Å². The summed E-state index contributed by atoms with van der Waals surface area (Å²) in [5.74, 6) is 0.317. The molecule has 1 aromatic rings. The van der Waals surface area contributed by atoms with Gasteiger partial charge >= 0.3 is 0 Å². The standard InChI is InChI=1S/C13H19N3O4/c1-4-15(3)13(17)9-14-10-6-11(16(18)19)8-12(7-10)20-5-2/h6-8,14H,4-5,9H2,1-3H3. The first-order valence-electron chi connectivity index (χ1n) is 6.38. The van der Waals surface area contributed by atoms with Crippen LogP contribution in [0.4, 0.5) is 11.4 Å². The van der Waals surface area contributed by atoms with Gasteiger partial charge in [-0.25, -0.2) is 0 Å². The third-order valence-electron chi connectivity index (χ3n) is 2.76. The minimum atomic E-state index is -0.492. The fraction of sp³-hybridized carbons (Fsp3) is 0.462. The van der Waals surface area contributed by atoms with Crippen molar-refractivity contribution in [2.24, 2.45) is 0 Å². The summed E-state index contributed by atoms with van der Waals surface area (Å²) in [5.41, 5.74) is 0.412. The molecule has 1 aromatic carbocycles. The van der Waals surface area contributed by atoms with Crippen molar-refractivity contribution in [2.75, 3.05) is 32.1 Å². The molecule has 0 spiro atoms. The number of nitro groups is 1. The molecule has 0 aliphatic carbocycles. The Morgan fingerprint density at radius 3 is 2.65 bits per heavy atom. The van der Waals surface area contributed by atoms with E-state index >= 15 is 0 Å². The predicted octanol–water partition coefficient (Wildman–Crippen LogP) is 1.88. The second-order valence-corrected chi connectivity index (χ2v) is 4.17. The van der Waals surface area contributed by atoms with Crippen molar-refractivity contribution in [1.29, 1.82) is 0 Å². The summed E-state index contributed by atoms with van der Waals surface area (Å²) in [6.45, 7) is 4.78. The zero-order valence-electron chi connectivity index (χ0n) is 11.9. The Kier molecular flexibility index (Phi) is 5.76. The molecule has 1 amide bonds. The Morgan fingerprint density at radius 1 is 1.40 bits per heavy atom. The van der Waals surface area contributed by atoms with E-state index in [0.717, 1.165) is 0 Å². The van der Waals surface area contributed by atoms with E-state index in [0.29, 0.717) is 24.6 Å². The molecule has 0 heterocycles. The van der Waals surface area contributed by atoms with Crippen LogP contribution in [0.2, 0.25) is 0 Å². The summed E-state index contributed by atoms with van der Waals surface area (Å²) in [6, 6.07) is 4.37. The molecule has 0 aliphatic rings. The van der Waals surface area contributed by atoms with Gasteiger partial charge in [-0.05, 0) is 13.8 Å². The van der Waals surface area contributed by atoms with E-state index in [-0.39, 0.29) is 18.1 Å². The smallest absolute Gasteiger partial charge is 0.275 e.